The molecule has 0 radical (unpaired) electrons. The fourth-order valence-corrected chi connectivity index (χ4v) is 4.28. The lowest BCUT2D eigenvalue weighted by Crippen LogP contribution is -2.00. The topological polar surface area (TPSA) is 43.6 Å². The molecule has 0 aliphatic carbocycles. The Morgan fingerprint density at radius 1 is 1.24 bits per heavy atom. The third-order valence-corrected chi connectivity index (χ3v) is 5.88. The Morgan fingerprint density at radius 3 is 2.68 bits per heavy atom. The molecule has 0 amide bonds. The Labute approximate surface area is 157 Å². The van der Waals surface area contributed by atoms with Gasteiger partial charge in [0.2, 0.25) is 0 Å². The summed E-state index contributed by atoms with van der Waals surface area (Å²) in [7, 11) is 0. The zero-order valence-electron chi connectivity index (χ0n) is 14.8. The molecule has 0 atom stereocenters. The van der Waals surface area contributed by atoms with E-state index in [-0.39, 0.29) is 0 Å². The van der Waals surface area contributed by atoms with Crippen LogP contribution >= 0.6 is 23.1 Å². The van der Waals surface area contributed by atoms with Gasteiger partial charge >= 0.3 is 0 Å². The molecule has 6 heteroatoms. The van der Waals surface area contributed by atoms with Gasteiger partial charge in [-0.2, -0.15) is 0 Å². The quantitative estimate of drug-likeness (QED) is 0.417. The minimum absolute atomic E-state index is 0.550. The lowest BCUT2D eigenvalue weighted by atomic mass is 10.0. The average molecular weight is 371 g/mol. The van der Waals surface area contributed by atoms with Crippen molar-refractivity contribution in [3.8, 4) is 10.6 Å². The second-order valence-corrected chi connectivity index (χ2v) is 7.94. The minimum Gasteiger partial charge on any atom is -0.302 e. The molecule has 0 saturated carbocycles. The van der Waals surface area contributed by atoms with Gasteiger partial charge in [-0.1, -0.05) is 56.0 Å². The van der Waals surface area contributed by atoms with Gasteiger partial charge in [-0.3, -0.25) is 0 Å². The van der Waals surface area contributed by atoms with E-state index >= 15 is 0 Å². The first kappa shape index (κ1) is 17.9. The predicted molar refractivity (Wildman–Crippen MR) is 106 cm³/mol. The van der Waals surface area contributed by atoms with Crippen LogP contribution in [0.25, 0.3) is 10.6 Å². The Balaban J connectivity index is 1.69. The first-order valence-electron chi connectivity index (χ1n) is 8.26. The number of thiazole rings is 1. The number of allylic oxidation sites excluding steroid dienone is 1. The fourth-order valence-electron chi connectivity index (χ4n) is 2.46. The van der Waals surface area contributed by atoms with Crippen LogP contribution in [-0.2, 0) is 12.3 Å². The van der Waals surface area contributed by atoms with Crippen LogP contribution in [-0.4, -0.2) is 19.7 Å². The summed E-state index contributed by atoms with van der Waals surface area (Å²) < 4.78 is 2.07. The van der Waals surface area contributed by atoms with Crippen molar-refractivity contribution in [2.45, 2.75) is 44.1 Å². The number of aryl methyl sites for hydroxylation is 1. The molecule has 0 spiro atoms. The van der Waals surface area contributed by atoms with Gasteiger partial charge in [0.05, 0.1) is 5.69 Å². The standard InChI is InChI=1S/C19H22N4S2/c1-5-10-23-14(4)21-22-19(23)25-12-17-11-24-18(20-17)16-8-6-15(7-9-16)13(2)3/h5-9,11,13H,1,10,12H2,2-4H3. The van der Waals surface area contributed by atoms with Crippen molar-refractivity contribution in [2.24, 2.45) is 0 Å². The summed E-state index contributed by atoms with van der Waals surface area (Å²) >= 11 is 3.35. The number of thioether (sulfide) groups is 1. The number of hydrogen-bond donors (Lipinski definition) is 0. The van der Waals surface area contributed by atoms with Crippen molar-refractivity contribution in [1.82, 2.24) is 19.7 Å². The van der Waals surface area contributed by atoms with Crippen LogP contribution in [0.3, 0.4) is 0 Å². The number of hydrogen-bond acceptors (Lipinski definition) is 5. The SMILES string of the molecule is C=CCn1c(C)nnc1SCc1csc(-c2ccc(C(C)C)cc2)n1. The molecule has 0 N–H and O–H groups in total. The lowest BCUT2D eigenvalue weighted by Gasteiger charge is -2.05. The molecule has 4 nitrogen and oxygen atoms in total. The maximum atomic E-state index is 4.77. The highest BCUT2D eigenvalue weighted by molar-refractivity contribution is 7.98. The Bertz CT molecular complexity index is 847. The molecule has 3 aromatic rings. The summed E-state index contributed by atoms with van der Waals surface area (Å²) in [6.45, 7) is 10.9. The maximum absolute atomic E-state index is 4.77. The van der Waals surface area contributed by atoms with Gasteiger partial charge < -0.3 is 4.57 Å². The van der Waals surface area contributed by atoms with Crippen LogP contribution in [0.15, 0.2) is 47.5 Å². The summed E-state index contributed by atoms with van der Waals surface area (Å²) in [5, 5.41) is 12.5. The Hall–Kier alpha value is -1.92. The molecular weight excluding hydrogens is 348 g/mol. The van der Waals surface area contributed by atoms with Crippen molar-refractivity contribution in [2.75, 3.05) is 0 Å². The van der Waals surface area contributed by atoms with Crippen molar-refractivity contribution in [3.05, 3.63) is 59.4 Å². The van der Waals surface area contributed by atoms with E-state index in [9.17, 15) is 0 Å². The fraction of sp³-hybridized carbons (Fsp3) is 0.316. The van der Waals surface area contributed by atoms with Crippen LogP contribution < -0.4 is 0 Å². The summed E-state index contributed by atoms with van der Waals surface area (Å²) in [5.74, 6) is 2.25. The highest BCUT2D eigenvalue weighted by atomic mass is 32.2. The molecule has 0 aliphatic heterocycles. The molecule has 25 heavy (non-hydrogen) atoms. The number of rotatable bonds is 7. The summed E-state index contributed by atoms with van der Waals surface area (Å²) in [4.78, 5) is 4.77. The van der Waals surface area contributed by atoms with Crippen LogP contribution in [0.2, 0.25) is 0 Å². The lowest BCUT2D eigenvalue weighted by molar-refractivity contribution is 0.703. The highest BCUT2D eigenvalue weighted by Gasteiger charge is 2.11. The van der Waals surface area contributed by atoms with E-state index in [1.54, 1.807) is 23.1 Å². The van der Waals surface area contributed by atoms with E-state index in [1.807, 2.05) is 13.0 Å². The molecule has 2 heterocycles. The summed E-state index contributed by atoms with van der Waals surface area (Å²) in [6, 6.07) is 8.71. The van der Waals surface area contributed by atoms with Crippen molar-refractivity contribution >= 4 is 23.1 Å². The molecule has 2 aromatic heterocycles. The maximum Gasteiger partial charge on any atom is 0.191 e. The molecular formula is C19H22N4S2. The molecule has 130 valence electrons. The molecule has 0 unspecified atom stereocenters. The van der Waals surface area contributed by atoms with Gasteiger partial charge in [0.1, 0.15) is 10.8 Å². The second-order valence-electron chi connectivity index (χ2n) is 6.14. The highest BCUT2D eigenvalue weighted by Crippen LogP contribution is 2.28. The van der Waals surface area contributed by atoms with E-state index in [1.165, 1.54) is 11.1 Å². The van der Waals surface area contributed by atoms with Crippen molar-refractivity contribution < 1.29 is 0 Å². The largest absolute Gasteiger partial charge is 0.302 e. The number of nitrogens with zero attached hydrogens (tertiary/aromatic N) is 4. The first-order valence-corrected chi connectivity index (χ1v) is 10.1. The Morgan fingerprint density at radius 2 is 2.00 bits per heavy atom. The molecule has 0 bridgehead atoms. The van der Waals surface area contributed by atoms with Crippen LogP contribution in [0.5, 0.6) is 0 Å². The summed E-state index contributed by atoms with van der Waals surface area (Å²) in [5.41, 5.74) is 3.60. The van der Waals surface area contributed by atoms with Crippen LogP contribution in [0, 0.1) is 6.92 Å². The summed E-state index contributed by atoms with van der Waals surface area (Å²) in [6.07, 6.45) is 1.86. The predicted octanol–water partition coefficient (Wildman–Crippen LogP) is 5.31. The molecule has 0 fully saturated rings. The van der Waals surface area contributed by atoms with E-state index < -0.39 is 0 Å². The van der Waals surface area contributed by atoms with E-state index in [2.05, 4.69) is 64.8 Å². The van der Waals surface area contributed by atoms with Gasteiger partial charge in [-0.15, -0.1) is 28.1 Å². The molecule has 0 saturated heterocycles. The average Bonchev–Trinajstić information content (AvgIpc) is 3.21. The Kier molecular flexibility index (Phi) is 5.71. The first-order chi connectivity index (χ1) is 12.1. The van der Waals surface area contributed by atoms with E-state index in [0.717, 1.165) is 34.0 Å². The molecule has 0 aliphatic rings. The third-order valence-electron chi connectivity index (χ3n) is 3.94. The van der Waals surface area contributed by atoms with Gasteiger partial charge in [0, 0.05) is 23.2 Å². The van der Waals surface area contributed by atoms with E-state index in [4.69, 9.17) is 4.98 Å². The number of aromatic nitrogens is 4. The van der Waals surface area contributed by atoms with Gasteiger partial charge in [-0.25, -0.2) is 4.98 Å². The van der Waals surface area contributed by atoms with Crippen molar-refractivity contribution in [1.29, 1.82) is 0 Å². The van der Waals surface area contributed by atoms with Crippen LogP contribution in [0.1, 0.15) is 36.8 Å². The van der Waals surface area contributed by atoms with Gasteiger partial charge in [-0.05, 0) is 18.4 Å². The zero-order chi connectivity index (χ0) is 17.8. The normalized spacial score (nSPS) is 11.2. The third kappa shape index (κ3) is 4.19. The zero-order valence-corrected chi connectivity index (χ0v) is 16.4. The monoisotopic (exact) mass is 370 g/mol. The van der Waals surface area contributed by atoms with Gasteiger partial charge in [0.25, 0.3) is 0 Å². The molecule has 3 rings (SSSR count). The van der Waals surface area contributed by atoms with E-state index in [0.29, 0.717) is 5.92 Å². The molecule has 1 aromatic carbocycles. The second kappa shape index (κ2) is 7.97. The van der Waals surface area contributed by atoms with Crippen LogP contribution in [0.4, 0.5) is 0 Å². The minimum atomic E-state index is 0.550. The smallest absolute Gasteiger partial charge is 0.191 e. The van der Waals surface area contributed by atoms with Gasteiger partial charge in [0.15, 0.2) is 5.16 Å². The van der Waals surface area contributed by atoms with Crippen molar-refractivity contribution in [3.63, 3.8) is 0 Å². The number of benzene rings is 1.